The van der Waals surface area contributed by atoms with Crippen LogP contribution in [0.3, 0.4) is 0 Å². The Kier molecular flexibility index (Phi) is 3.69. The largest absolute Gasteiger partial charge is 0.363 e. The highest BCUT2D eigenvalue weighted by molar-refractivity contribution is 5.60. The van der Waals surface area contributed by atoms with E-state index in [0.717, 1.165) is 32.0 Å². The summed E-state index contributed by atoms with van der Waals surface area (Å²) in [6, 6.07) is 12.8. The number of piperazine rings is 1. The van der Waals surface area contributed by atoms with E-state index < -0.39 is 5.82 Å². The van der Waals surface area contributed by atoms with Crippen molar-refractivity contribution in [3.05, 3.63) is 54.0 Å². The number of nitrogens with one attached hydrogen (secondary N) is 1. The van der Waals surface area contributed by atoms with E-state index in [1.807, 2.05) is 36.5 Å². The standard InChI is InChI=1S/C16H15FN4/c17-14-4-3-5-15(13(14)12-18)20-8-10-21(11-9-20)16-6-1-2-7-19-16/h1-7H,8-11H2/p+1. The zero-order valence-electron chi connectivity index (χ0n) is 11.6. The molecule has 106 valence electrons. The molecule has 1 saturated heterocycles. The second-order valence-corrected chi connectivity index (χ2v) is 4.97. The Morgan fingerprint density at radius 1 is 1.00 bits per heavy atom. The molecule has 0 amide bonds. The van der Waals surface area contributed by atoms with Crippen LogP contribution >= 0.6 is 0 Å². The normalized spacial score (nSPS) is 14.9. The highest BCUT2D eigenvalue weighted by Gasteiger charge is 2.25. The number of hydrogen-bond acceptors (Lipinski definition) is 3. The Hall–Kier alpha value is -2.61. The number of aromatic amines is 1. The molecule has 2 aromatic rings. The van der Waals surface area contributed by atoms with Gasteiger partial charge in [-0.15, -0.1) is 0 Å². The first-order chi connectivity index (χ1) is 10.3. The van der Waals surface area contributed by atoms with Gasteiger partial charge in [0.25, 0.3) is 5.82 Å². The van der Waals surface area contributed by atoms with E-state index in [2.05, 4.69) is 14.8 Å². The fourth-order valence-corrected chi connectivity index (χ4v) is 2.66. The third-order valence-electron chi connectivity index (χ3n) is 3.76. The van der Waals surface area contributed by atoms with Crippen LogP contribution in [-0.2, 0) is 0 Å². The molecule has 3 rings (SSSR count). The lowest BCUT2D eigenvalue weighted by atomic mass is 10.1. The maximum atomic E-state index is 13.7. The second kappa shape index (κ2) is 5.80. The zero-order chi connectivity index (χ0) is 14.7. The first-order valence-electron chi connectivity index (χ1n) is 6.95. The quantitative estimate of drug-likeness (QED) is 0.844. The molecule has 1 fully saturated rings. The van der Waals surface area contributed by atoms with E-state index in [9.17, 15) is 4.39 Å². The van der Waals surface area contributed by atoms with E-state index in [1.54, 1.807) is 6.07 Å². The van der Waals surface area contributed by atoms with Crippen molar-refractivity contribution in [2.24, 2.45) is 0 Å². The Labute approximate surface area is 123 Å². The Morgan fingerprint density at radius 2 is 1.76 bits per heavy atom. The van der Waals surface area contributed by atoms with Crippen molar-refractivity contribution in [3.63, 3.8) is 0 Å². The molecule has 1 aliphatic rings. The maximum Gasteiger partial charge on any atom is 0.274 e. The summed E-state index contributed by atoms with van der Waals surface area (Å²) in [6.45, 7) is 3.20. The summed E-state index contributed by atoms with van der Waals surface area (Å²) in [4.78, 5) is 7.54. The van der Waals surface area contributed by atoms with Crippen molar-refractivity contribution in [1.29, 1.82) is 5.26 Å². The minimum Gasteiger partial charge on any atom is -0.363 e. The number of rotatable bonds is 2. The summed E-state index contributed by atoms with van der Waals surface area (Å²) >= 11 is 0. The summed E-state index contributed by atoms with van der Waals surface area (Å²) in [7, 11) is 0. The van der Waals surface area contributed by atoms with E-state index in [1.165, 1.54) is 6.07 Å². The van der Waals surface area contributed by atoms with Gasteiger partial charge >= 0.3 is 0 Å². The number of hydrogen-bond donors (Lipinski definition) is 0. The highest BCUT2D eigenvalue weighted by Crippen LogP contribution is 2.24. The number of nitrogens with zero attached hydrogens (tertiary/aromatic N) is 3. The van der Waals surface area contributed by atoms with Gasteiger partial charge in [-0.25, -0.2) is 9.37 Å². The molecule has 21 heavy (non-hydrogen) atoms. The van der Waals surface area contributed by atoms with Gasteiger partial charge in [0.05, 0.1) is 25.0 Å². The van der Waals surface area contributed by atoms with Gasteiger partial charge in [-0.2, -0.15) is 5.26 Å². The Morgan fingerprint density at radius 3 is 2.43 bits per heavy atom. The van der Waals surface area contributed by atoms with Crippen LogP contribution in [-0.4, -0.2) is 26.2 Å². The van der Waals surface area contributed by atoms with E-state index in [-0.39, 0.29) is 5.56 Å². The molecule has 0 unspecified atom stereocenters. The van der Waals surface area contributed by atoms with Crippen molar-refractivity contribution in [2.75, 3.05) is 36.0 Å². The number of pyridine rings is 1. The number of nitriles is 1. The molecule has 0 saturated carbocycles. The molecule has 1 N–H and O–H groups in total. The van der Waals surface area contributed by atoms with Gasteiger partial charge in [0, 0.05) is 6.07 Å². The average Bonchev–Trinajstić information content (AvgIpc) is 2.55. The first-order valence-corrected chi connectivity index (χ1v) is 6.95. The summed E-state index contributed by atoms with van der Waals surface area (Å²) in [5.74, 6) is 0.630. The number of aromatic nitrogens is 1. The van der Waals surface area contributed by atoms with Crippen molar-refractivity contribution in [1.82, 2.24) is 0 Å². The highest BCUT2D eigenvalue weighted by atomic mass is 19.1. The lowest BCUT2D eigenvalue weighted by molar-refractivity contribution is -0.364. The van der Waals surface area contributed by atoms with Gasteiger partial charge in [0.1, 0.15) is 30.5 Å². The van der Waals surface area contributed by atoms with Gasteiger partial charge in [-0.1, -0.05) is 12.1 Å². The number of H-pyrrole nitrogens is 1. The predicted octanol–water partition coefficient (Wildman–Crippen LogP) is 1.84. The zero-order valence-corrected chi connectivity index (χ0v) is 11.6. The molecule has 5 heteroatoms. The SMILES string of the molecule is N#Cc1c(F)cccc1N1CCN(c2cccc[nH+]2)CC1. The average molecular weight is 283 g/mol. The topological polar surface area (TPSA) is 44.4 Å². The van der Waals surface area contributed by atoms with Crippen molar-refractivity contribution in [3.8, 4) is 6.07 Å². The molecule has 2 heterocycles. The molecule has 0 spiro atoms. The van der Waals surface area contributed by atoms with Crippen LogP contribution in [0.5, 0.6) is 0 Å². The fourth-order valence-electron chi connectivity index (χ4n) is 2.66. The molecule has 1 aromatic heterocycles. The molecular weight excluding hydrogens is 267 g/mol. The van der Waals surface area contributed by atoms with Crippen molar-refractivity contribution < 1.29 is 9.37 Å². The van der Waals surface area contributed by atoms with Gasteiger partial charge in [0.15, 0.2) is 0 Å². The lowest BCUT2D eigenvalue weighted by Gasteiger charge is -2.33. The molecule has 0 atom stereocenters. The third-order valence-corrected chi connectivity index (χ3v) is 3.76. The smallest absolute Gasteiger partial charge is 0.274 e. The van der Waals surface area contributed by atoms with Crippen molar-refractivity contribution in [2.45, 2.75) is 0 Å². The maximum absolute atomic E-state index is 13.7. The number of benzene rings is 1. The fraction of sp³-hybridized carbons (Fsp3) is 0.250. The van der Waals surface area contributed by atoms with Crippen LogP contribution in [0.1, 0.15) is 5.56 Å². The van der Waals surface area contributed by atoms with Crippen molar-refractivity contribution >= 4 is 11.5 Å². The summed E-state index contributed by atoms with van der Waals surface area (Å²) in [5.41, 5.74) is 0.825. The Balaban J connectivity index is 1.75. The number of anilines is 2. The van der Waals surface area contributed by atoms with E-state index in [4.69, 9.17) is 5.26 Å². The number of halogens is 1. The predicted molar refractivity (Wildman–Crippen MR) is 78.5 cm³/mol. The van der Waals surface area contributed by atoms with Crippen LogP contribution in [0.4, 0.5) is 15.9 Å². The van der Waals surface area contributed by atoms with E-state index >= 15 is 0 Å². The van der Waals surface area contributed by atoms with Gasteiger partial charge in [0.2, 0.25) is 0 Å². The third kappa shape index (κ3) is 2.65. The summed E-state index contributed by atoms with van der Waals surface area (Å²) < 4.78 is 13.7. The minimum absolute atomic E-state index is 0.136. The Bertz CT molecular complexity index is 658. The molecule has 4 nitrogen and oxygen atoms in total. The molecule has 1 aromatic carbocycles. The molecular formula is C16H16FN4+. The van der Waals surface area contributed by atoms with Crippen LogP contribution in [0, 0.1) is 17.1 Å². The molecule has 0 aliphatic carbocycles. The van der Waals surface area contributed by atoms with Gasteiger partial charge in [-0.05, 0) is 18.2 Å². The van der Waals surface area contributed by atoms with Gasteiger partial charge in [-0.3, -0.25) is 4.90 Å². The minimum atomic E-state index is -0.450. The first kappa shape index (κ1) is 13.4. The van der Waals surface area contributed by atoms with Crippen LogP contribution < -0.4 is 14.8 Å². The summed E-state index contributed by atoms with van der Waals surface area (Å²) in [5, 5.41) is 9.13. The van der Waals surface area contributed by atoms with E-state index in [0.29, 0.717) is 5.69 Å². The van der Waals surface area contributed by atoms with Crippen LogP contribution in [0.15, 0.2) is 42.6 Å². The molecule has 1 aliphatic heterocycles. The molecule has 0 radical (unpaired) electrons. The second-order valence-electron chi connectivity index (χ2n) is 4.97. The van der Waals surface area contributed by atoms with Gasteiger partial charge < -0.3 is 4.90 Å². The summed E-state index contributed by atoms with van der Waals surface area (Å²) in [6.07, 6.45) is 1.90. The molecule has 0 bridgehead atoms. The van der Waals surface area contributed by atoms with Crippen LogP contribution in [0.25, 0.3) is 0 Å². The van der Waals surface area contributed by atoms with Crippen LogP contribution in [0.2, 0.25) is 0 Å². The lowest BCUT2D eigenvalue weighted by Crippen LogP contribution is -2.48. The monoisotopic (exact) mass is 283 g/mol.